The van der Waals surface area contributed by atoms with Crippen molar-refractivity contribution in [3.05, 3.63) is 65.7 Å². The minimum absolute atomic E-state index is 0.0532. The smallest absolute Gasteiger partial charge is 0.339 e. The van der Waals surface area contributed by atoms with E-state index < -0.39 is 18.5 Å². The Balaban J connectivity index is 2.04. The predicted molar refractivity (Wildman–Crippen MR) is 108 cm³/mol. The summed E-state index contributed by atoms with van der Waals surface area (Å²) in [7, 11) is 4.73. The molecule has 0 aromatic heterocycles. The molecule has 0 spiro atoms. The number of hydrogen-bond donors (Lipinski definition) is 1. The summed E-state index contributed by atoms with van der Waals surface area (Å²) >= 11 is 0. The van der Waals surface area contributed by atoms with Gasteiger partial charge >= 0.3 is 5.97 Å². The highest BCUT2D eigenvalue weighted by molar-refractivity contribution is 6.12. The lowest BCUT2D eigenvalue weighted by molar-refractivity contribution is -0.131. The van der Waals surface area contributed by atoms with Gasteiger partial charge in [0.2, 0.25) is 5.91 Å². The van der Waals surface area contributed by atoms with Gasteiger partial charge < -0.3 is 19.9 Å². The highest BCUT2D eigenvalue weighted by atomic mass is 16.5. The van der Waals surface area contributed by atoms with Crippen molar-refractivity contribution in [1.29, 1.82) is 0 Å². The molecule has 0 bridgehead atoms. The van der Waals surface area contributed by atoms with Crippen LogP contribution in [0.1, 0.15) is 20.7 Å². The Morgan fingerprint density at radius 3 is 2.07 bits per heavy atom. The second-order valence-corrected chi connectivity index (χ2v) is 6.39. The van der Waals surface area contributed by atoms with Crippen LogP contribution >= 0.6 is 0 Å². The molecule has 0 saturated heterocycles. The number of benzene rings is 2. The van der Waals surface area contributed by atoms with Crippen LogP contribution in [0.5, 0.6) is 0 Å². The molecule has 1 N–H and O–H groups in total. The first-order valence-corrected chi connectivity index (χ1v) is 8.87. The van der Waals surface area contributed by atoms with Crippen LogP contribution in [0, 0.1) is 0 Å². The maximum atomic E-state index is 12.8. The first-order valence-electron chi connectivity index (χ1n) is 8.87. The Bertz CT molecular complexity index is 896. The molecular formula is C21H23N3O5. The molecule has 2 rings (SSSR count). The number of ether oxygens (including phenoxy) is 1. The largest absolute Gasteiger partial charge is 0.452 e. The van der Waals surface area contributed by atoms with E-state index in [2.05, 4.69) is 5.32 Å². The van der Waals surface area contributed by atoms with Gasteiger partial charge in [0, 0.05) is 26.8 Å². The Labute approximate surface area is 169 Å². The van der Waals surface area contributed by atoms with E-state index in [0.717, 1.165) is 0 Å². The van der Waals surface area contributed by atoms with Gasteiger partial charge in [-0.05, 0) is 24.3 Å². The zero-order chi connectivity index (χ0) is 21.4. The third-order valence-corrected chi connectivity index (χ3v) is 4.10. The molecule has 0 fully saturated rings. The topological polar surface area (TPSA) is 96.0 Å². The number of nitrogens with zero attached hydrogens (tertiary/aromatic N) is 2. The minimum Gasteiger partial charge on any atom is -0.452 e. The summed E-state index contributed by atoms with van der Waals surface area (Å²) < 4.78 is 5.01. The molecule has 8 heteroatoms. The monoisotopic (exact) mass is 397 g/mol. The van der Waals surface area contributed by atoms with Crippen molar-refractivity contribution >= 4 is 29.4 Å². The Kier molecular flexibility index (Phi) is 7.47. The third-order valence-electron chi connectivity index (χ3n) is 4.10. The number of likely N-dealkylation sites (N-methyl/N-ethyl adjacent to an activating group) is 1. The van der Waals surface area contributed by atoms with Crippen molar-refractivity contribution in [3.63, 3.8) is 0 Å². The number of amides is 3. The predicted octanol–water partition coefficient (Wildman–Crippen LogP) is 1.32. The van der Waals surface area contributed by atoms with E-state index in [9.17, 15) is 19.2 Å². The van der Waals surface area contributed by atoms with E-state index in [4.69, 9.17) is 4.74 Å². The second kappa shape index (κ2) is 10.0. The van der Waals surface area contributed by atoms with Gasteiger partial charge in [0.15, 0.2) is 6.61 Å². The normalized spacial score (nSPS) is 10.0. The molecule has 0 aliphatic heterocycles. The van der Waals surface area contributed by atoms with E-state index in [1.807, 2.05) is 6.07 Å². The standard InChI is InChI=1S/C21H23N3O5/c1-23(2)19(26)13-22-18(25)14-29-21(28)17-12-8-7-11-16(17)20(27)24(3)15-9-5-4-6-10-15/h4-12H,13-14H2,1-3H3,(H,22,25). The van der Waals surface area contributed by atoms with Crippen LogP contribution in [0.25, 0.3) is 0 Å². The first-order chi connectivity index (χ1) is 13.8. The maximum Gasteiger partial charge on any atom is 0.339 e. The van der Waals surface area contributed by atoms with E-state index in [1.54, 1.807) is 57.5 Å². The summed E-state index contributed by atoms with van der Waals surface area (Å²) in [5.74, 6) is -2.09. The number of anilines is 1. The second-order valence-electron chi connectivity index (χ2n) is 6.39. The molecule has 0 saturated carbocycles. The molecule has 0 aliphatic rings. The molecule has 2 aromatic carbocycles. The molecule has 0 heterocycles. The van der Waals surface area contributed by atoms with Crippen LogP contribution < -0.4 is 10.2 Å². The fraction of sp³-hybridized carbons (Fsp3) is 0.238. The van der Waals surface area contributed by atoms with Crippen molar-refractivity contribution < 1.29 is 23.9 Å². The van der Waals surface area contributed by atoms with Crippen molar-refractivity contribution in [2.24, 2.45) is 0 Å². The van der Waals surface area contributed by atoms with Crippen molar-refractivity contribution in [3.8, 4) is 0 Å². The van der Waals surface area contributed by atoms with Crippen LogP contribution in [0.3, 0.4) is 0 Å². The molecule has 0 unspecified atom stereocenters. The molecular weight excluding hydrogens is 374 g/mol. The highest BCUT2D eigenvalue weighted by Gasteiger charge is 2.22. The van der Waals surface area contributed by atoms with E-state index in [-0.39, 0.29) is 29.5 Å². The lowest BCUT2D eigenvalue weighted by Crippen LogP contribution is -2.38. The Morgan fingerprint density at radius 2 is 1.45 bits per heavy atom. The van der Waals surface area contributed by atoms with Gasteiger partial charge in [-0.2, -0.15) is 0 Å². The summed E-state index contributed by atoms with van der Waals surface area (Å²) in [5, 5.41) is 2.37. The van der Waals surface area contributed by atoms with Gasteiger partial charge in [-0.25, -0.2) is 4.79 Å². The third kappa shape index (κ3) is 5.90. The summed E-state index contributed by atoms with van der Waals surface area (Å²) in [6.45, 7) is -0.753. The Hall–Kier alpha value is -3.68. The average Bonchev–Trinajstić information content (AvgIpc) is 2.75. The number of rotatable bonds is 7. The summed E-state index contributed by atoms with van der Waals surface area (Å²) in [4.78, 5) is 51.3. The van der Waals surface area contributed by atoms with E-state index >= 15 is 0 Å². The molecule has 0 atom stereocenters. The Morgan fingerprint density at radius 1 is 0.862 bits per heavy atom. The zero-order valence-electron chi connectivity index (χ0n) is 16.5. The fourth-order valence-electron chi connectivity index (χ4n) is 2.39. The van der Waals surface area contributed by atoms with Gasteiger partial charge in [0.05, 0.1) is 17.7 Å². The van der Waals surface area contributed by atoms with Gasteiger partial charge in [-0.1, -0.05) is 30.3 Å². The first kappa shape index (κ1) is 21.6. The van der Waals surface area contributed by atoms with E-state index in [0.29, 0.717) is 5.69 Å². The summed E-state index contributed by atoms with van der Waals surface area (Å²) in [6.07, 6.45) is 0. The van der Waals surface area contributed by atoms with Crippen LogP contribution in [0.2, 0.25) is 0 Å². The quantitative estimate of drug-likeness (QED) is 0.711. The van der Waals surface area contributed by atoms with Crippen molar-refractivity contribution in [1.82, 2.24) is 10.2 Å². The van der Waals surface area contributed by atoms with Gasteiger partial charge in [0.1, 0.15) is 0 Å². The molecule has 8 nitrogen and oxygen atoms in total. The summed E-state index contributed by atoms with van der Waals surface area (Å²) in [6, 6.07) is 15.2. The highest BCUT2D eigenvalue weighted by Crippen LogP contribution is 2.18. The summed E-state index contributed by atoms with van der Waals surface area (Å²) in [5.41, 5.74) is 0.884. The van der Waals surface area contributed by atoms with Crippen LogP contribution in [0.15, 0.2) is 54.6 Å². The molecule has 152 valence electrons. The number of carbonyl (C=O) groups excluding carboxylic acids is 4. The van der Waals surface area contributed by atoms with Gasteiger partial charge in [0.25, 0.3) is 11.8 Å². The number of carbonyl (C=O) groups is 4. The van der Waals surface area contributed by atoms with Crippen LogP contribution in [-0.2, 0) is 14.3 Å². The molecule has 0 aliphatic carbocycles. The number of esters is 1. The van der Waals surface area contributed by atoms with Crippen LogP contribution in [-0.4, -0.2) is 62.9 Å². The fourth-order valence-corrected chi connectivity index (χ4v) is 2.39. The van der Waals surface area contributed by atoms with E-state index in [1.165, 1.54) is 21.9 Å². The average molecular weight is 397 g/mol. The lowest BCUT2D eigenvalue weighted by atomic mass is 10.1. The number of hydrogen-bond acceptors (Lipinski definition) is 5. The minimum atomic E-state index is -0.801. The van der Waals surface area contributed by atoms with Crippen molar-refractivity contribution in [2.75, 3.05) is 39.2 Å². The molecule has 3 amide bonds. The van der Waals surface area contributed by atoms with Gasteiger partial charge in [-0.3, -0.25) is 14.4 Å². The van der Waals surface area contributed by atoms with Gasteiger partial charge in [-0.15, -0.1) is 0 Å². The molecule has 2 aromatic rings. The maximum absolute atomic E-state index is 12.8. The van der Waals surface area contributed by atoms with Crippen LogP contribution in [0.4, 0.5) is 5.69 Å². The number of nitrogens with one attached hydrogen (secondary N) is 1. The molecule has 0 radical (unpaired) electrons. The lowest BCUT2D eigenvalue weighted by Gasteiger charge is -2.18. The van der Waals surface area contributed by atoms with Crippen molar-refractivity contribution in [2.45, 2.75) is 0 Å². The SMILES string of the molecule is CN(C)C(=O)CNC(=O)COC(=O)c1ccccc1C(=O)N(C)c1ccccc1. The zero-order valence-corrected chi connectivity index (χ0v) is 16.5. The number of para-hydroxylation sites is 1. The molecule has 29 heavy (non-hydrogen) atoms.